The first-order valence-corrected chi connectivity index (χ1v) is 12.9. The Kier molecular flexibility index (Phi) is 7.77. The molecule has 2 aromatic carbocycles. The Morgan fingerprint density at radius 1 is 0.600 bits per heavy atom. The zero-order valence-electron chi connectivity index (χ0n) is 19.2. The summed E-state index contributed by atoms with van der Waals surface area (Å²) < 4.78 is 36.9. The SMILES string of the molecule is O=C(OCc1ccccc1)C1=CC=C(S(=O)(=O)C2=CC=C(C(=O)OCc3ccccc3)CC2)CC1. The molecule has 0 aliphatic heterocycles. The van der Waals surface area contributed by atoms with E-state index in [2.05, 4.69) is 0 Å². The van der Waals surface area contributed by atoms with E-state index in [1.165, 1.54) is 24.3 Å². The van der Waals surface area contributed by atoms with Crippen LogP contribution in [0.25, 0.3) is 0 Å². The first-order chi connectivity index (χ1) is 16.9. The number of rotatable bonds is 8. The van der Waals surface area contributed by atoms with Crippen LogP contribution in [0.3, 0.4) is 0 Å². The summed E-state index contributed by atoms with van der Waals surface area (Å²) in [6.07, 6.45) is 7.03. The zero-order valence-corrected chi connectivity index (χ0v) is 20.0. The van der Waals surface area contributed by atoms with Gasteiger partial charge in [-0.05, 0) is 49.0 Å². The van der Waals surface area contributed by atoms with Gasteiger partial charge in [-0.3, -0.25) is 0 Å². The fourth-order valence-electron chi connectivity index (χ4n) is 3.82. The van der Waals surface area contributed by atoms with Gasteiger partial charge in [0.05, 0.1) is 0 Å². The number of benzene rings is 2. The summed E-state index contributed by atoms with van der Waals surface area (Å²) in [5, 5.41) is 0. The van der Waals surface area contributed by atoms with Crippen LogP contribution in [0.15, 0.2) is 106 Å². The van der Waals surface area contributed by atoms with Gasteiger partial charge < -0.3 is 9.47 Å². The maximum Gasteiger partial charge on any atom is 0.334 e. The van der Waals surface area contributed by atoms with Crippen LogP contribution in [0, 0.1) is 0 Å². The van der Waals surface area contributed by atoms with E-state index in [0.717, 1.165) is 11.1 Å². The Balaban J connectivity index is 1.36. The minimum Gasteiger partial charge on any atom is -0.457 e. The summed E-state index contributed by atoms with van der Waals surface area (Å²) in [5.74, 6) is -0.889. The molecular formula is C28H26O6S. The molecule has 2 aliphatic rings. The van der Waals surface area contributed by atoms with Gasteiger partial charge in [0.1, 0.15) is 13.2 Å². The predicted octanol–water partition coefficient (Wildman–Crippen LogP) is 5.10. The highest BCUT2D eigenvalue weighted by atomic mass is 32.2. The highest BCUT2D eigenvalue weighted by Gasteiger charge is 2.28. The van der Waals surface area contributed by atoms with Gasteiger partial charge in [-0.2, -0.15) is 0 Å². The topological polar surface area (TPSA) is 86.7 Å². The van der Waals surface area contributed by atoms with Gasteiger partial charge in [0.2, 0.25) is 0 Å². The van der Waals surface area contributed by atoms with Crippen molar-refractivity contribution in [3.05, 3.63) is 117 Å². The largest absolute Gasteiger partial charge is 0.457 e. The summed E-state index contributed by atoms with van der Waals surface area (Å²) in [4.78, 5) is 25.2. The average Bonchev–Trinajstić information content (AvgIpc) is 2.91. The zero-order chi connectivity index (χ0) is 24.7. The molecule has 0 aromatic heterocycles. The van der Waals surface area contributed by atoms with Gasteiger partial charge in [-0.15, -0.1) is 0 Å². The maximum atomic E-state index is 13.1. The van der Waals surface area contributed by atoms with Crippen LogP contribution in [0.5, 0.6) is 0 Å². The summed E-state index contributed by atoms with van der Waals surface area (Å²) in [5.41, 5.74) is 2.66. The lowest BCUT2D eigenvalue weighted by Crippen LogP contribution is -2.16. The third kappa shape index (κ3) is 6.25. The van der Waals surface area contributed by atoms with E-state index >= 15 is 0 Å². The lowest BCUT2D eigenvalue weighted by molar-refractivity contribution is -0.141. The van der Waals surface area contributed by atoms with Crippen LogP contribution in [0.2, 0.25) is 0 Å². The van der Waals surface area contributed by atoms with Crippen molar-refractivity contribution < 1.29 is 27.5 Å². The summed E-state index contributed by atoms with van der Waals surface area (Å²) >= 11 is 0. The Bertz CT molecular complexity index is 1220. The van der Waals surface area contributed by atoms with Crippen molar-refractivity contribution in [1.29, 1.82) is 0 Å². The molecule has 0 spiro atoms. The van der Waals surface area contributed by atoms with Gasteiger partial charge in [0.15, 0.2) is 9.84 Å². The fraction of sp³-hybridized carbons (Fsp3) is 0.214. The Morgan fingerprint density at radius 3 is 1.34 bits per heavy atom. The highest BCUT2D eigenvalue weighted by Crippen LogP contribution is 2.32. The van der Waals surface area contributed by atoms with Crippen LogP contribution in [0.4, 0.5) is 0 Å². The quantitative estimate of drug-likeness (QED) is 0.479. The molecule has 6 nitrogen and oxygen atoms in total. The smallest absolute Gasteiger partial charge is 0.334 e. The number of hydrogen-bond acceptors (Lipinski definition) is 6. The molecule has 0 saturated carbocycles. The summed E-state index contributed by atoms with van der Waals surface area (Å²) in [6, 6.07) is 18.7. The molecule has 0 unspecified atom stereocenters. The molecule has 2 aliphatic carbocycles. The first-order valence-electron chi connectivity index (χ1n) is 11.4. The van der Waals surface area contributed by atoms with Crippen LogP contribution in [-0.4, -0.2) is 20.4 Å². The normalized spacial score (nSPS) is 15.8. The Labute approximate surface area is 205 Å². The number of allylic oxidation sites excluding steroid dienone is 6. The molecule has 0 atom stereocenters. The average molecular weight is 491 g/mol. The van der Waals surface area contributed by atoms with Crippen molar-refractivity contribution in [2.45, 2.75) is 38.9 Å². The van der Waals surface area contributed by atoms with Gasteiger partial charge in [0.25, 0.3) is 0 Å². The summed E-state index contributed by atoms with van der Waals surface area (Å²) in [7, 11) is -3.67. The van der Waals surface area contributed by atoms with E-state index in [-0.39, 0.29) is 35.9 Å². The lowest BCUT2D eigenvalue weighted by atomic mass is 10.1. The predicted molar refractivity (Wildman–Crippen MR) is 132 cm³/mol. The molecule has 7 heteroatoms. The highest BCUT2D eigenvalue weighted by molar-refractivity contribution is 7.99. The van der Waals surface area contributed by atoms with Crippen molar-refractivity contribution in [3.8, 4) is 0 Å². The lowest BCUT2D eigenvalue weighted by Gasteiger charge is -2.18. The molecule has 35 heavy (non-hydrogen) atoms. The molecule has 0 saturated heterocycles. The second kappa shape index (κ2) is 11.1. The van der Waals surface area contributed by atoms with Gasteiger partial charge >= 0.3 is 11.9 Å². The van der Waals surface area contributed by atoms with Gasteiger partial charge in [0, 0.05) is 21.0 Å². The number of ether oxygens (including phenoxy) is 2. The van der Waals surface area contributed by atoms with E-state index < -0.39 is 21.8 Å². The van der Waals surface area contributed by atoms with Crippen molar-refractivity contribution in [3.63, 3.8) is 0 Å². The van der Waals surface area contributed by atoms with Crippen molar-refractivity contribution in [1.82, 2.24) is 0 Å². The van der Waals surface area contributed by atoms with E-state index in [0.29, 0.717) is 24.0 Å². The van der Waals surface area contributed by atoms with E-state index in [9.17, 15) is 18.0 Å². The number of esters is 2. The standard InChI is InChI=1S/C28H26O6S/c29-27(33-19-21-7-3-1-4-8-21)23-11-15-25(16-12-23)35(31,32)26-17-13-24(14-18-26)28(30)34-20-22-9-5-2-6-10-22/h1-11,13,15,17H,12,14,16,18-20H2. The minimum absolute atomic E-state index is 0.168. The van der Waals surface area contributed by atoms with Gasteiger partial charge in [-0.1, -0.05) is 72.8 Å². The maximum absolute atomic E-state index is 13.1. The van der Waals surface area contributed by atoms with Crippen LogP contribution in [-0.2, 0) is 42.1 Å². The van der Waals surface area contributed by atoms with Crippen molar-refractivity contribution in [2.24, 2.45) is 0 Å². The number of hydrogen-bond donors (Lipinski definition) is 0. The fourth-order valence-corrected chi connectivity index (χ4v) is 5.40. The monoisotopic (exact) mass is 490 g/mol. The molecule has 0 heterocycles. The van der Waals surface area contributed by atoms with E-state index in [1.54, 1.807) is 0 Å². The van der Waals surface area contributed by atoms with Crippen LogP contribution < -0.4 is 0 Å². The van der Waals surface area contributed by atoms with Gasteiger partial charge in [-0.25, -0.2) is 18.0 Å². The second-order valence-corrected chi connectivity index (χ2v) is 10.3. The number of carbonyl (C=O) groups is 2. The molecule has 0 amide bonds. The molecule has 0 radical (unpaired) electrons. The molecule has 0 N–H and O–H groups in total. The molecular weight excluding hydrogens is 464 g/mol. The third-order valence-electron chi connectivity index (χ3n) is 5.86. The van der Waals surface area contributed by atoms with Crippen molar-refractivity contribution >= 4 is 21.8 Å². The minimum atomic E-state index is -3.67. The van der Waals surface area contributed by atoms with E-state index in [4.69, 9.17) is 9.47 Å². The van der Waals surface area contributed by atoms with Crippen molar-refractivity contribution in [2.75, 3.05) is 0 Å². The van der Waals surface area contributed by atoms with Crippen LogP contribution in [0.1, 0.15) is 36.8 Å². The molecule has 180 valence electrons. The van der Waals surface area contributed by atoms with E-state index in [1.807, 2.05) is 60.7 Å². The summed E-state index contributed by atoms with van der Waals surface area (Å²) in [6.45, 7) is 0.336. The molecule has 2 aromatic rings. The Hall–Kier alpha value is -3.71. The molecule has 0 fully saturated rings. The second-order valence-electron chi connectivity index (χ2n) is 8.28. The molecule has 4 rings (SSSR count). The number of sulfone groups is 1. The molecule has 0 bridgehead atoms. The van der Waals surface area contributed by atoms with Crippen LogP contribution >= 0.6 is 0 Å². The third-order valence-corrected chi connectivity index (χ3v) is 7.92. The number of carbonyl (C=O) groups excluding carboxylic acids is 2. The Morgan fingerprint density at radius 2 is 1.00 bits per heavy atom. The first kappa shape index (κ1) is 24.4.